The lowest BCUT2D eigenvalue weighted by atomic mass is 10.1. The monoisotopic (exact) mass is 1250 g/mol. The molecular formula is C66H84N12O13. The molecule has 3 saturated heterocycles. The van der Waals surface area contributed by atoms with Crippen LogP contribution in [0.2, 0.25) is 0 Å². The van der Waals surface area contributed by atoms with Crippen LogP contribution in [-0.2, 0) is 52.2 Å². The fourth-order valence-corrected chi connectivity index (χ4v) is 10.8. The van der Waals surface area contributed by atoms with E-state index in [0.29, 0.717) is 203 Å². The Hall–Kier alpha value is -7.82. The molecule has 2 amide bonds. The van der Waals surface area contributed by atoms with Gasteiger partial charge in [0.15, 0.2) is 11.3 Å². The molecule has 3 N–H and O–H groups in total. The van der Waals surface area contributed by atoms with Gasteiger partial charge < -0.3 is 77.9 Å². The van der Waals surface area contributed by atoms with Gasteiger partial charge in [-0.1, -0.05) is 36.4 Å². The maximum atomic E-state index is 13.3. The highest BCUT2D eigenvalue weighted by Crippen LogP contribution is 2.36. The Bertz CT molecular complexity index is 3420. The Kier molecular flexibility index (Phi) is 25.5. The van der Waals surface area contributed by atoms with E-state index in [1.807, 2.05) is 94.5 Å². The molecule has 0 unspecified atom stereocenters. The largest absolute Gasteiger partial charge is 0.457 e. The number of nitrogens with zero attached hydrogens (tertiary/aromatic N) is 10. The van der Waals surface area contributed by atoms with Crippen molar-refractivity contribution in [3.63, 3.8) is 0 Å². The van der Waals surface area contributed by atoms with E-state index in [-0.39, 0.29) is 36.5 Å². The minimum Gasteiger partial charge on any atom is -0.457 e. The molecule has 3 aliphatic heterocycles. The summed E-state index contributed by atoms with van der Waals surface area (Å²) in [6.07, 6.45) is 6.39. The molecule has 3 fully saturated rings. The van der Waals surface area contributed by atoms with Crippen molar-refractivity contribution in [2.75, 3.05) is 180 Å². The summed E-state index contributed by atoms with van der Waals surface area (Å²) in [6.45, 7) is 16.2. The topological polar surface area (TPSA) is 266 Å². The number of ether oxygens (including phenoxy) is 11. The normalized spacial score (nSPS) is 17.2. The number of piperidine rings is 1. The fourth-order valence-electron chi connectivity index (χ4n) is 10.8. The molecule has 7 aromatic rings. The molecule has 10 rings (SSSR count). The Morgan fingerprint density at radius 3 is 1.93 bits per heavy atom. The SMILES string of the molecule is C[C@@H]1COCCN1c1nc(N2CCOC[C@H]2C)c2ccc(-c3cccc(C(=O)NCCOCCOCCOCCOCCOCCOCCOCCOC/C=C/C(=O)N4CCC[C@@H](n5nc(-c6ccc(Oc7ccccc7)cc6)c6c(N)ncnc65)C4)c3)nc2n1. The van der Waals surface area contributed by atoms with Crippen LogP contribution in [0.3, 0.4) is 0 Å². The standard InChI is InChI=1S/C66H84N12O13/c1-48-45-89-27-23-76(48)63-56-19-20-57(71-62(56)72-66(73-63)77-24-28-90-46-49(77)2)51-9-6-10-52(43-51)65(80)68-21-26-82-30-32-84-34-36-86-38-40-88-42-41-87-39-37-85-35-33-83-31-29-81-25-8-14-58(79)75-22-7-11-53(44-75)78-64-59(61(67)69-47-70-64)60(74-78)50-15-17-55(18-16-50)91-54-12-4-3-5-13-54/h3-6,8-10,12-20,43,47-49,53H,7,11,21-42,44-46H2,1-2H3,(H,68,80)(H2,67,69,70)/b14-8+/t48-,49-,53-/m1/s1. The average molecular weight is 1250 g/mol. The fraction of sp³-hybridized carbons (Fsp3) is 0.485. The number of hydrogen-bond donors (Lipinski definition) is 2. The molecule has 0 aliphatic carbocycles. The number of fused-ring (bicyclic) bond motifs is 2. The number of aromatic nitrogens is 7. The van der Waals surface area contributed by atoms with E-state index in [1.54, 1.807) is 18.2 Å². The molecule has 0 radical (unpaired) electrons. The summed E-state index contributed by atoms with van der Waals surface area (Å²) in [5, 5.41) is 9.50. The van der Waals surface area contributed by atoms with Crippen LogP contribution in [0.5, 0.6) is 11.5 Å². The Labute approximate surface area is 530 Å². The van der Waals surface area contributed by atoms with Crippen LogP contribution in [0, 0.1) is 0 Å². The van der Waals surface area contributed by atoms with Gasteiger partial charge in [-0.25, -0.2) is 19.6 Å². The Morgan fingerprint density at radius 1 is 0.648 bits per heavy atom. The van der Waals surface area contributed by atoms with E-state index in [2.05, 4.69) is 38.9 Å². The molecule has 486 valence electrons. The first-order valence-corrected chi connectivity index (χ1v) is 31.4. The average Bonchev–Trinajstić information content (AvgIpc) is 1.80. The number of benzene rings is 3. The molecule has 7 heterocycles. The maximum Gasteiger partial charge on any atom is 0.251 e. The number of carbonyl (C=O) groups excluding carboxylic acids is 2. The zero-order chi connectivity index (χ0) is 62.8. The van der Waals surface area contributed by atoms with Crippen molar-refractivity contribution in [2.45, 2.75) is 44.8 Å². The number of para-hydroxylation sites is 1. The molecule has 3 atom stereocenters. The van der Waals surface area contributed by atoms with Crippen LogP contribution in [-0.4, -0.2) is 228 Å². The number of amides is 2. The van der Waals surface area contributed by atoms with Gasteiger partial charge in [-0.15, -0.1) is 0 Å². The van der Waals surface area contributed by atoms with Gasteiger partial charge in [-0.05, 0) is 87.4 Å². The third-order valence-electron chi connectivity index (χ3n) is 15.5. The van der Waals surface area contributed by atoms with Crippen LogP contribution in [0.25, 0.3) is 44.6 Å². The van der Waals surface area contributed by atoms with Gasteiger partial charge in [0.2, 0.25) is 11.9 Å². The number of carbonyl (C=O) groups is 2. The first-order chi connectivity index (χ1) is 44.8. The number of rotatable bonds is 35. The zero-order valence-corrected chi connectivity index (χ0v) is 52.1. The number of morpholine rings is 2. The Morgan fingerprint density at radius 2 is 1.27 bits per heavy atom. The van der Waals surface area contributed by atoms with Gasteiger partial charge >= 0.3 is 0 Å². The number of pyridine rings is 1. The van der Waals surface area contributed by atoms with Crippen molar-refractivity contribution in [3.05, 3.63) is 115 Å². The van der Waals surface area contributed by atoms with Crippen molar-refractivity contribution >= 4 is 51.5 Å². The summed E-state index contributed by atoms with van der Waals surface area (Å²) in [4.78, 5) is 56.7. The molecule has 25 nitrogen and oxygen atoms in total. The highest BCUT2D eigenvalue weighted by Gasteiger charge is 2.30. The van der Waals surface area contributed by atoms with Crippen LogP contribution in [0.4, 0.5) is 17.6 Å². The summed E-state index contributed by atoms with van der Waals surface area (Å²) in [5.41, 5.74) is 11.2. The molecule has 3 aromatic carbocycles. The van der Waals surface area contributed by atoms with Gasteiger partial charge in [0.05, 0.1) is 167 Å². The third kappa shape index (κ3) is 19.1. The van der Waals surface area contributed by atoms with E-state index in [4.69, 9.17) is 77.9 Å². The van der Waals surface area contributed by atoms with Crippen LogP contribution >= 0.6 is 0 Å². The van der Waals surface area contributed by atoms with Gasteiger partial charge in [0.1, 0.15) is 35.2 Å². The first kappa shape index (κ1) is 66.1. The predicted octanol–water partition coefficient (Wildman–Crippen LogP) is 6.61. The second kappa shape index (κ2) is 35.1. The maximum absolute atomic E-state index is 13.3. The van der Waals surface area contributed by atoms with Crippen molar-refractivity contribution in [2.24, 2.45) is 0 Å². The quantitative estimate of drug-likeness (QED) is 0.0313. The van der Waals surface area contributed by atoms with Gasteiger partial charge in [-0.3, -0.25) is 9.59 Å². The summed E-state index contributed by atoms with van der Waals surface area (Å²) < 4.78 is 64.3. The van der Waals surface area contributed by atoms with E-state index < -0.39 is 0 Å². The van der Waals surface area contributed by atoms with Crippen LogP contribution < -0.4 is 25.6 Å². The van der Waals surface area contributed by atoms with E-state index >= 15 is 0 Å². The first-order valence-electron chi connectivity index (χ1n) is 31.4. The third-order valence-corrected chi connectivity index (χ3v) is 15.5. The van der Waals surface area contributed by atoms with Gasteiger partial charge in [-0.2, -0.15) is 15.1 Å². The van der Waals surface area contributed by atoms with Crippen molar-refractivity contribution in [3.8, 4) is 34.0 Å². The smallest absolute Gasteiger partial charge is 0.251 e. The number of nitrogens with one attached hydrogen (secondary N) is 1. The van der Waals surface area contributed by atoms with Crippen molar-refractivity contribution in [1.29, 1.82) is 0 Å². The summed E-state index contributed by atoms with van der Waals surface area (Å²) in [6, 6.07) is 28.9. The van der Waals surface area contributed by atoms with Gasteiger partial charge in [0, 0.05) is 55.5 Å². The predicted molar refractivity (Wildman–Crippen MR) is 343 cm³/mol. The highest BCUT2D eigenvalue weighted by molar-refractivity contribution is 5.99. The minimum absolute atomic E-state index is 0.0871. The second-order valence-electron chi connectivity index (χ2n) is 22.0. The number of nitrogens with two attached hydrogens (primary N) is 1. The summed E-state index contributed by atoms with van der Waals surface area (Å²) >= 11 is 0. The van der Waals surface area contributed by atoms with Crippen molar-refractivity contribution in [1.82, 2.24) is 44.9 Å². The van der Waals surface area contributed by atoms with Crippen LogP contribution in [0.1, 0.15) is 43.1 Å². The minimum atomic E-state index is -0.201. The lowest BCUT2D eigenvalue weighted by Gasteiger charge is -2.37. The lowest BCUT2D eigenvalue weighted by Crippen LogP contribution is -2.46. The van der Waals surface area contributed by atoms with Gasteiger partial charge in [0.25, 0.3) is 5.91 Å². The second-order valence-corrected chi connectivity index (χ2v) is 22.0. The number of likely N-dealkylation sites (tertiary alicyclic amines) is 1. The van der Waals surface area contributed by atoms with Crippen molar-refractivity contribution < 1.29 is 61.7 Å². The summed E-state index contributed by atoms with van der Waals surface area (Å²) in [7, 11) is 0. The van der Waals surface area contributed by atoms with E-state index in [0.717, 1.165) is 47.5 Å². The Balaban J connectivity index is 0.502. The number of hydrogen-bond acceptors (Lipinski definition) is 22. The van der Waals surface area contributed by atoms with Crippen LogP contribution in [0.15, 0.2) is 109 Å². The number of anilines is 3. The molecule has 91 heavy (non-hydrogen) atoms. The molecule has 0 saturated carbocycles. The molecule has 25 heteroatoms. The van der Waals surface area contributed by atoms with E-state index in [1.165, 1.54) is 6.33 Å². The zero-order valence-electron chi connectivity index (χ0n) is 52.1. The summed E-state index contributed by atoms with van der Waals surface area (Å²) in [5.74, 6) is 2.99. The molecule has 0 bridgehead atoms. The molecule has 3 aliphatic rings. The lowest BCUT2D eigenvalue weighted by molar-refractivity contribution is -0.127. The van der Waals surface area contributed by atoms with E-state index in [9.17, 15) is 9.59 Å². The highest BCUT2D eigenvalue weighted by atomic mass is 16.6. The number of nitrogen functional groups attached to an aromatic ring is 1. The molecular weight excluding hydrogens is 1170 g/mol. The molecule has 0 spiro atoms. The molecule has 4 aromatic heterocycles.